The van der Waals surface area contributed by atoms with Gasteiger partial charge in [0, 0.05) is 35.3 Å². The molecule has 158 valence electrons. The van der Waals surface area contributed by atoms with Crippen molar-refractivity contribution in [2.75, 3.05) is 24.5 Å². The van der Waals surface area contributed by atoms with Gasteiger partial charge in [-0.15, -0.1) is 22.7 Å². The van der Waals surface area contributed by atoms with Crippen molar-refractivity contribution in [3.63, 3.8) is 0 Å². The summed E-state index contributed by atoms with van der Waals surface area (Å²) in [5.74, 6) is 0.357. The molecule has 0 aliphatic carbocycles. The lowest BCUT2D eigenvalue weighted by Gasteiger charge is -2.39. The fourth-order valence-electron chi connectivity index (χ4n) is 4.86. The number of benzene rings is 1. The van der Waals surface area contributed by atoms with Crippen LogP contribution in [0.3, 0.4) is 0 Å². The Bertz CT molecular complexity index is 1170. The molecule has 0 N–H and O–H groups in total. The van der Waals surface area contributed by atoms with Gasteiger partial charge in [0.2, 0.25) is 5.91 Å². The maximum Gasteiger partial charge on any atom is 0.298 e. The van der Waals surface area contributed by atoms with Gasteiger partial charge >= 0.3 is 0 Å². The van der Waals surface area contributed by atoms with Gasteiger partial charge in [0.1, 0.15) is 5.52 Å². The minimum atomic E-state index is 0.0586. The van der Waals surface area contributed by atoms with Crippen LogP contribution in [0.4, 0.5) is 6.01 Å². The van der Waals surface area contributed by atoms with E-state index in [-0.39, 0.29) is 12.0 Å². The molecule has 1 atom stereocenters. The summed E-state index contributed by atoms with van der Waals surface area (Å²) >= 11 is 3.56. The van der Waals surface area contributed by atoms with Crippen LogP contribution in [-0.4, -0.2) is 35.4 Å². The summed E-state index contributed by atoms with van der Waals surface area (Å²) in [5.41, 5.74) is 3.01. The number of piperidine rings is 1. The van der Waals surface area contributed by atoms with Gasteiger partial charge in [0.15, 0.2) is 5.58 Å². The van der Waals surface area contributed by atoms with E-state index >= 15 is 0 Å². The van der Waals surface area contributed by atoms with Crippen LogP contribution in [0.1, 0.15) is 34.2 Å². The Morgan fingerprint density at radius 3 is 2.68 bits per heavy atom. The van der Waals surface area contributed by atoms with E-state index in [0.29, 0.717) is 11.9 Å². The van der Waals surface area contributed by atoms with Gasteiger partial charge in [0.05, 0.1) is 6.04 Å². The van der Waals surface area contributed by atoms with Crippen molar-refractivity contribution in [3.05, 3.63) is 68.5 Å². The lowest BCUT2D eigenvalue weighted by molar-refractivity contribution is -0.138. The first-order valence-electron chi connectivity index (χ1n) is 10.8. The topological polar surface area (TPSA) is 49.6 Å². The van der Waals surface area contributed by atoms with Crippen molar-refractivity contribution >= 4 is 45.7 Å². The lowest BCUT2D eigenvalue weighted by Crippen LogP contribution is -2.46. The van der Waals surface area contributed by atoms with Crippen LogP contribution in [0, 0.1) is 5.92 Å². The summed E-state index contributed by atoms with van der Waals surface area (Å²) in [4.78, 5) is 25.3. The fourth-order valence-corrected chi connectivity index (χ4v) is 6.61. The molecule has 0 radical (unpaired) electrons. The molecule has 6 rings (SSSR count). The molecule has 0 spiro atoms. The van der Waals surface area contributed by atoms with Crippen LogP contribution >= 0.6 is 22.7 Å². The van der Waals surface area contributed by atoms with Crippen LogP contribution in [0.15, 0.2) is 57.6 Å². The predicted molar refractivity (Wildman–Crippen MR) is 125 cm³/mol. The Labute approximate surface area is 188 Å². The summed E-state index contributed by atoms with van der Waals surface area (Å²) in [7, 11) is 0. The monoisotopic (exact) mass is 449 g/mol. The average molecular weight is 450 g/mol. The molecule has 1 amide bonds. The van der Waals surface area contributed by atoms with Crippen molar-refractivity contribution in [3.8, 4) is 0 Å². The van der Waals surface area contributed by atoms with Crippen LogP contribution in [0.25, 0.3) is 11.1 Å². The van der Waals surface area contributed by atoms with Gasteiger partial charge < -0.3 is 14.2 Å². The van der Waals surface area contributed by atoms with E-state index in [9.17, 15) is 4.79 Å². The average Bonchev–Trinajstić information content (AvgIpc) is 3.58. The highest BCUT2D eigenvalue weighted by atomic mass is 32.1. The maximum atomic E-state index is 13.7. The number of amides is 1. The maximum absolute atomic E-state index is 13.7. The quantitative estimate of drug-likeness (QED) is 0.424. The van der Waals surface area contributed by atoms with E-state index in [1.54, 1.807) is 11.3 Å². The molecule has 1 saturated heterocycles. The molecule has 5 heterocycles. The zero-order chi connectivity index (χ0) is 20.8. The molecule has 1 unspecified atom stereocenters. The van der Waals surface area contributed by atoms with Crippen molar-refractivity contribution in [1.29, 1.82) is 0 Å². The van der Waals surface area contributed by atoms with Gasteiger partial charge in [-0.2, -0.15) is 4.98 Å². The fraction of sp³-hybridized carbons (Fsp3) is 0.333. The number of nitrogens with zero attached hydrogens (tertiary/aromatic N) is 3. The van der Waals surface area contributed by atoms with Crippen molar-refractivity contribution in [2.24, 2.45) is 5.92 Å². The highest BCUT2D eigenvalue weighted by Crippen LogP contribution is 2.41. The Morgan fingerprint density at radius 2 is 1.87 bits per heavy atom. The van der Waals surface area contributed by atoms with E-state index in [0.717, 1.165) is 50.0 Å². The highest BCUT2D eigenvalue weighted by Gasteiger charge is 2.37. The summed E-state index contributed by atoms with van der Waals surface area (Å²) in [5, 5.41) is 4.27. The van der Waals surface area contributed by atoms with E-state index < -0.39 is 0 Å². The van der Waals surface area contributed by atoms with Gasteiger partial charge in [-0.05, 0) is 59.9 Å². The summed E-state index contributed by atoms with van der Waals surface area (Å²) in [6, 6.07) is 15.0. The molecule has 0 bridgehead atoms. The summed E-state index contributed by atoms with van der Waals surface area (Å²) in [6.45, 7) is 2.40. The molecule has 2 aliphatic rings. The van der Waals surface area contributed by atoms with Crippen LogP contribution < -0.4 is 4.90 Å². The minimum Gasteiger partial charge on any atom is -0.423 e. The molecule has 3 aromatic heterocycles. The summed E-state index contributed by atoms with van der Waals surface area (Å²) < 4.78 is 5.94. The Balaban J connectivity index is 1.19. The Hall–Kier alpha value is -2.64. The van der Waals surface area contributed by atoms with Crippen LogP contribution in [-0.2, 0) is 11.2 Å². The largest absolute Gasteiger partial charge is 0.423 e. The third kappa shape index (κ3) is 3.36. The molecule has 4 aromatic rings. The normalized spacial score (nSPS) is 19.7. The number of hydrogen-bond acceptors (Lipinski definition) is 6. The number of fused-ring (bicyclic) bond motifs is 2. The van der Waals surface area contributed by atoms with Gasteiger partial charge in [-0.1, -0.05) is 18.2 Å². The Morgan fingerprint density at radius 1 is 1.00 bits per heavy atom. The third-order valence-electron chi connectivity index (χ3n) is 6.46. The van der Waals surface area contributed by atoms with Gasteiger partial charge in [0.25, 0.3) is 6.01 Å². The number of para-hydroxylation sites is 2. The number of rotatable bonds is 3. The number of thiophene rings is 2. The molecule has 2 aliphatic heterocycles. The van der Waals surface area contributed by atoms with E-state index in [4.69, 9.17) is 4.42 Å². The van der Waals surface area contributed by atoms with Crippen molar-refractivity contribution in [1.82, 2.24) is 9.88 Å². The van der Waals surface area contributed by atoms with Gasteiger partial charge in [-0.25, -0.2) is 0 Å². The number of carbonyl (C=O) groups excluding carboxylic acids is 1. The second-order valence-electron chi connectivity index (χ2n) is 8.22. The van der Waals surface area contributed by atoms with E-state index in [1.807, 2.05) is 35.6 Å². The van der Waals surface area contributed by atoms with Gasteiger partial charge in [-0.3, -0.25) is 4.79 Å². The van der Waals surface area contributed by atoms with Crippen molar-refractivity contribution in [2.45, 2.75) is 25.3 Å². The smallest absolute Gasteiger partial charge is 0.298 e. The first-order valence-corrected chi connectivity index (χ1v) is 12.5. The number of carbonyl (C=O) groups is 1. The minimum absolute atomic E-state index is 0.0586. The molecule has 5 nitrogen and oxygen atoms in total. The second-order valence-corrected chi connectivity index (χ2v) is 10.2. The van der Waals surface area contributed by atoms with E-state index in [2.05, 4.69) is 43.7 Å². The zero-order valence-electron chi connectivity index (χ0n) is 17.1. The molecule has 1 fully saturated rings. The highest BCUT2D eigenvalue weighted by molar-refractivity contribution is 7.10. The Kier molecular flexibility index (Phi) is 4.80. The first kappa shape index (κ1) is 19.1. The SMILES string of the molecule is O=C(C1CCN(c2nc3ccccc3o2)CC1)N1CCc2sccc2C1c1cccs1. The molecule has 0 saturated carbocycles. The summed E-state index contributed by atoms with van der Waals surface area (Å²) in [6.07, 6.45) is 2.63. The molecular formula is C24H23N3O2S2. The van der Waals surface area contributed by atoms with Crippen LogP contribution in [0.2, 0.25) is 0 Å². The number of hydrogen-bond donors (Lipinski definition) is 0. The molecular weight excluding hydrogens is 426 g/mol. The van der Waals surface area contributed by atoms with E-state index in [1.165, 1.54) is 15.3 Å². The lowest BCUT2D eigenvalue weighted by atomic mass is 9.91. The third-order valence-corrected chi connectivity index (χ3v) is 8.38. The number of anilines is 1. The molecule has 31 heavy (non-hydrogen) atoms. The zero-order valence-corrected chi connectivity index (χ0v) is 18.7. The predicted octanol–water partition coefficient (Wildman–Crippen LogP) is 5.34. The first-order chi connectivity index (χ1) is 15.3. The second kappa shape index (κ2) is 7.80. The molecule has 7 heteroatoms. The molecule has 1 aromatic carbocycles. The number of aromatic nitrogens is 1. The van der Waals surface area contributed by atoms with Crippen molar-refractivity contribution < 1.29 is 9.21 Å². The van der Waals surface area contributed by atoms with Crippen LogP contribution in [0.5, 0.6) is 0 Å². The standard InChI is InChI=1S/C24H23N3O2S2/c28-23(27-13-9-20-17(10-15-31-20)22(27)21-6-3-14-30-21)16-7-11-26(12-8-16)24-25-18-4-1-2-5-19(18)29-24/h1-6,10,14-16,22H,7-9,11-13H2. The number of oxazole rings is 1.